The lowest BCUT2D eigenvalue weighted by atomic mass is 10.1. The number of carbonyl (C=O) groups excluding carboxylic acids is 4. The molecule has 3 rings (SSSR count). The van der Waals surface area contributed by atoms with Crippen molar-refractivity contribution in [2.75, 3.05) is 39.5 Å². The van der Waals surface area contributed by atoms with Gasteiger partial charge in [0.1, 0.15) is 24.4 Å². The van der Waals surface area contributed by atoms with Crippen molar-refractivity contribution in [3.05, 3.63) is 29.8 Å². The summed E-state index contributed by atoms with van der Waals surface area (Å²) in [5.74, 6) is -1.43. The van der Waals surface area contributed by atoms with E-state index in [1.807, 2.05) is 0 Å². The van der Waals surface area contributed by atoms with Crippen LogP contribution in [-0.2, 0) is 19.1 Å². The molecule has 162 valence electrons. The van der Waals surface area contributed by atoms with Gasteiger partial charge in [-0.05, 0) is 19.1 Å². The lowest BCUT2D eigenvalue weighted by Crippen LogP contribution is -2.54. The van der Waals surface area contributed by atoms with Crippen LogP contribution in [-0.4, -0.2) is 80.1 Å². The Labute approximate surface area is 174 Å². The third-order valence-electron chi connectivity index (χ3n) is 4.88. The Morgan fingerprint density at radius 2 is 1.80 bits per heavy atom. The van der Waals surface area contributed by atoms with Crippen LogP contribution in [0.25, 0.3) is 0 Å². The number of nitrogens with one attached hydrogen (secondary N) is 3. The van der Waals surface area contributed by atoms with Gasteiger partial charge in [-0.1, -0.05) is 12.1 Å². The second-order valence-corrected chi connectivity index (χ2v) is 7.09. The van der Waals surface area contributed by atoms with Gasteiger partial charge in [-0.2, -0.15) is 0 Å². The van der Waals surface area contributed by atoms with Gasteiger partial charge in [0.2, 0.25) is 17.7 Å². The minimum atomic E-state index is -1.08. The maximum absolute atomic E-state index is 13.0. The number of ether oxygens (including phenoxy) is 2. The molecule has 0 unspecified atom stereocenters. The van der Waals surface area contributed by atoms with E-state index < -0.39 is 23.9 Å². The van der Waals surface area contributed by atoms with E-state index in [0.29, 0.717) is 32.1 Å². The highest BCUT2D eigenvalue weighted by molar-refractivity contribution is 6.01. The average molecular weight is 418 g/mol. The second kappa shape index (κ2) is 10.1. The van der Waals surface area contributed by atoms with E-state index >= 15 is 0 Å². The Kier molecular flexibility index (Phi) is 7.23. The molecule has 0 saturated carbocycles. The van der Waals surface area contributed by atoms with Gasteiger partial charge in [-0.15, -0.1) is 0 Å². The molecule has 2 aliphatic heterocycles. The Bertz CT molecular complexity index is 808. The molecule has 0 radical (unpaired) electrons. The summed E-state index contributed by atoms with van der Waals surface area (Å²) in [4.78, 5) is 52.1. The summed E-state index contributed by atoms with van der Waals surface area (Å²) in [6.07, 6.45) is -0.289. The van der Waals surface area contributed by atoms with Gasteiger partial charge in [0.25, 0.3) is 5.91 Å². The zero-order valence-corrected chi connectivity index (χ0v) is 16.8. The number of para-hydroxylation sites is 1. The molecule has 1 aromatic rings. The molecular weight excluding hydrogens is 392 g/mol. The van der Waals surface area contributed by atoms with Crippen molar-refractivity contribution in [3.63, 3.8) is 0 Å². The largest absolute Gasteiger partial charge is 0.491 e. The molecule has 1 saturated heterocycles. The number of fused-ring (bicyclic) bond motifs is 1. The first kappa shape index (κ1) is 21.6. The molecule has 1 aromatic carbocycles. The fraction of sp³-hybridized carbons (Fsp3) is 0.500. The Hall–Kier alpha value is -3.14. The third-order valence-corrected chi connectivity index (χ3v) is 4.88. The highest BCUT2D eigenvalue weighted by Gasteiger charge is 2.31. The first-order valence-electron chi connectivity index (χ1n) is 9.92. The number of amides is 4. The van der Waals surface area contributed by atoms with Crippen molar-refractivity contribution in [3.8, 4) is 5.75 Å². The molecular formula is C20H26N4O6. The zero-order chi connectivity index (χ0) is 21.5. The number of rotatable bonds is 1. The van der Waals surface area contributed by atoms with Gasteiger partial charge >= 0.3 is 0 Å². The highest BCUT2D eigenvalue weighted by atomic mass is 16.5. The zero-order valence-electron chi connectivity index (χ0n) is 16.8. The molecule has 4 amide bonds. The van der Waals surface area contributed by atoms with Crippen molar-refractivity contribution in [2.24, 2.45) is 0 Å². The van der Waals surface area contributed by atoms with Crippen LogP contribution < -0.4 is 20.7 Å². The lowest BCUT2D eigenvalue weighted by Gasteiger charge is -2.31. The van der Waals surface area contributed by atoms with Crippen LogP contribution in [0.15, 0.2) is 24.3 Å². The number of carbonyl (C=O) groups is 4. The van der Waals surface area contributed by atoms with E-state index in [0.717, 1.165) is 0 Å². The molecule has 0 bridgehead atoms. The van der Waals surface area contributed by atoms with Crippen LogP contribution in [0.5, 0.6) is 5.75 Å². The predicted octanol–water partition coefficient (Wildman–Crippen LogP) is -0.953. The SMILES string of the molecule is C[C@@H]1NC(=O)C[C@@H](C(=O)N2CCOCC2)NC(=O)c2ccccc2OCCNC1=O. The minimum Gasteiger partial charge on any atom is -0.491 e. The Morgan fingerprint density at radius 3 is 2.57 bits per heavy atom. The maximum atomic E-state index is 13.0. The van der Waals surface area contributed by atoms with Crippen LogP contribution in [0, 0.1) is 0 Å². The van der Waals surface area contributed by atoms with E-state index in [4.69, 9.17) is 9.47 Å². The summed E-state index contributed by atoms with van der Waals surface area (Å²) < 4.78 is 10.9. The van der Waals surface area contributed by atoms with E-state index in [1.165, 1.54) is 0 Å². The van der Waals surface area contributed by atoms with E-state index in [1.54, 1.807) is 36.1 Å². The topological polar surface area (TPSA) is 126 Å². The van der Waals surface area contributed by atoms with Crippen LogP contribution in [0.3, 0.4) is 0 Å². The molecule has 1 fully saturated rings. The van der Waals surface area contributed by atoms with Crippen LogP contribution in [0.1, 0.15) is 23.7 Å². The first-order chi connectivity index (χ1) is 14.5. The highest BCUT2D eigenvalue weighted by Crippen LogP contribution is 2.18. The average Bonchev–Trinajstić information content (AvgIpc) is 2.75. The number of nitrogens with zero attached hydrogens (tertiary/aromatic N) is 1. The summed E-state index contributed by atoms with van der Waals surface area (Å²) in [5.41, 5.74) is 0.245. The number of morpholine rings is 1. The summed E-state index contributed by atoms with van der Waals surface area (Å²) in [6, 6.07) is 4.74. The summed E-state index contributed by atoms with van der Waals surface area (Å²) >= 11 is 0. The molecule has 2 atom stereocenters. The molecule has 2 heterocycles. The van der Waals surface area contributed by atoms with Gasteiger partial charge in [0.15, 0.2) is 0 Å². The Balaban J connectivity index is 1.86. The molecule has 2 aliphatic rings. The summed E-state index contributed by atoms with van der Waals surface area (Å²) in [7, 11) is 0. The second-order valence-electron chi connectivity index (χ2n) is 7.09. The van der Waals surface area contributed by atoms with Crippen molar-refractivity contribution in [1.82, 2.24) is 20.9 Å². The van der Waals surface area contributed by atoms with Gasteiger partial charge in [0, 0.05) is 13.1 Å². The predicted molar refractivity (Wildman–Crippen MR) is 106 cm³/mol. The maximum Gasteiger partial charge on any atom is 0.255 e. The van der Waals surface area contributed by atoms with Gasteiger partial charge in [0.05, 0.1) is 31.7 Å². The molecule has 0 spiro atoms. The normalized spacial score (nSPS) is 23.8. The summed E-state index contributed by atoms with van der Waals surface area (Å²) in [5, 5.41) is 7.90. The van der Waals surface area contributed by atoms with Crippen molar-refractivity contribution < 1.29 is 28.7 Å². The van der Waals surface area contributed by atoms with Gasteiger partial charge in [-0.25, -0.2) is 0 Å². The van der Waals surface area contributed by atoms with Crippen molar-refractivity contribution in [2.45, 2.75) is 25.4 Å². The third kappa shape index (κ3) is 5.47. The molecule has 3 N–H and O–H groups in total. The Morgan fingerprint density at radius 1 is 1.07 bits per heavy atom. The van der Waals surface area contributed by atoms with Crippen LogP contribution >= 0.6 is 0 Å². The molecule has 0 aliphatic carbocycles. The quantitative estimate of drug-likeness (QED) is 0.540. The number of hydrogen-bond acceptors (Lipinski definition) is 6. The van der Waals surface area contributed by atoms with E-state index in [9.17, 15) is 19.2 Å². The van der Waals surface area contributed by atoms with Crippen LogP contribution in [0.4, 0.5) is 0 Å². The fourth-order valence-electron chi connectivity index (χ4n) is 3.26. The first-order valence-corrected chi connectivity index (χ1v) is 9.92. The fourth-order valence-corrected chi connectivity index (χ4v) is 3.26. The van der Waals surface area contributed by atoms with E-state index in [-0.39, 0.29) is 37.0 Å². The molecule has 10 heteroatoms. The standard InChI is InChI=1S/C20H26N4O6/c1-13-18(26)21-6-9-30-16-5-3-2-4-14(16)19(27)23-15(12-17(25)22-13)20(28)24-7-10-29-11-8-24/h2-5,13,15H,6-12H2,1H3,(H,21,26)(H,22,25)(H,23,27)/t13-,15-/m0/s1. The van der Waals surface area contributed by atoms with Crippen molar-refractivity contribution in [1.29, 1.82) is 0 Å². The van der Waals surface area contributed by atoms with Gasteiger partial charge < -0.3 is 30.3 Å². The molecule has 10 nitrogen and oxygen atoms in total. The molecule has 30 heavy (non-hydrogen) atoms. The lowest BCUT2D eigenvalue weighted by molar-refractivity contribution is -0.139. The smallest absolute Gasteiger partial charge is 0.255 e. The van der Waals surface area contributed by atoms with Crippen LogP contribution in [0.2, 0.25) is 0 Å². The number of hydrogen-bond donors (Lipinski definition) is 3. The van der Waals surface area contributed by atoms with E-state index in [2.05, 4.69) is 16.0 Å². The molecule has 0 aromatic heterocycles. The van der Waals surface area contributed by atoms with Crippen molar-refractivity contribution >= 4 is 23.6 Å². The summed E-state index contributed by atoms with van der Waals surface area (Å²) in [6.45, 7) is 3.46. The monoisotopic (exact) mass is 418 g/mol. The number of benzene rings is 1. The van der Waals surface area contributed by atoms with Gasteiger partial charge in [-0.3, -0.25) is 19.2 Å². The minimum absolute atomic E-state index is 0.146.